The topological polar surface area (TPSA) is 106 Å². The van der Waals surface area contributed by atoms with Gasteiger partial charge in [0.05, 0.1) is 27.4 Å². The van der Waals surface area contributed by atoms with Crippen molar-refractivity contribution in [2.45, 2.75) is 45.2 Å². The molecule has 0 spiro atoms. The van der Waals surface area contributed by atoms with Crippen molar-refractivity contribution in [3.05, 3.63) is 28.5 Å². The minimum absolute atomic E-state index is 0.233. The van der Waals surface area contributed by atoms with Crippen molar-refractivity contribution in [3.63, 3.8) is 0 Å². The maximum Gasteiger partial charge on any atom is 0.303 e. The molecule has 0 amide bonds. The summed E-state index contributed by atoms with van der Waals surface area (Å²) in [7, 11) is 0. The SMILES string of the molecule is [2H]CC(=O)OC[C@H]1OC(n2cnc3cc(Cl)c(Cl)cc32)[C@H](OC(=O)C[2H])[C@@H]1OC(=O)C[2H]. The Labute approximate surface area is 180 Å². The van der Waals surface area contributed by atoms with Gasteiger partial charge < -0.3 is 23.5 Å². The van der Waals surface area contributed by atoms with Gasteiger partial charge >= 0.3 is 17.9 Å². The molecule has 2 heterocycles. The fourth-order valence-electron chi connectivity index (χ4n) is 3.04. The number of halogens is 2. The second-order valence-corrected chi connectivity index (χ2v) is 6.88. The fourth-order valence-corrected chi connectivity index (χ4v) is 3.35. The first-order chi connectivity index (χ1) is 15.3. The van der Waals surface area contributed by atoms with Gasteiger partial charge in [-0.3, -0.25) is 14.4 Å². The van der Waals surface area contributed by atoms with Crippen molar-refractivity contribution in [2.75, 3.05) is 6.61 Å². The molecule has 29 heavy (non-hydrogen) atoms. The van der Waals surface area contributed by atoms with Crippen molar-refractivity contribution in [1.82, 2.24) is 9.55 Å². The third kappa shape index (κ3) is 4.63. The van der Waals surface area contributed by atoms with E-state index in [9.17, 15) is 14.4 Å². The van der Waals surface area contributed by atoms with Crippen LogP contribution in [0.3, 0.4) is 0 Å². The van der Waals surface area contributed by atoms with E-state index in [1.165, 1.54) is 23.0 Å². The zero-order chi connectivity index (χ0) is 23.4. The molecule has 0 radical (unpaired) electrons. The Bertz CT molecular complexity index is 1020. The molecule has 0 N–H and O–H groups in total. The van der Waals surface area contributed by atoms with E-state index in [1.54, 1.807) is 0 Å². The van der Waals surface area contributed by atoms with Crippen LogP contribution >= 0.6 is 23.2 Å². The molecule has 1 aliphatic rings. The van der Waals surface area contributed by atoms with Gasteiger partial charge in [-0.2, -0.15) is 0 Å². The van der Waals surface area contributed by atoms with E-state index in [4.69, 9.17) is 46.3 Å². The lowest BCUT2D eigenvalue weighted by Gasteiger charge is -2.24. The predicted octanol–water partition coefficient (Wildman–Crippen LogP) is 2.67. The quantitative estimate of drug-likeness (QED) is 0.508. The zero-order valence-electron chi connectivity index (χ0n) is 17.9. The monoisotopic (exact) mass is 447 g/mol. The summed E-state index contributed by atoms with van der Waals surface area (Å²) in [5.41, 5.74) is 0.919. The number of rotatable bonds is 5. The summed E-state index contributed by atoms with van der Waals surface area (Å²) < 4.78 is 44.5. The standard InChI is InChI=1S/C18H18Cl2N2O7/c1-8(23)26-6-15-16(27-9(2)24)17(28-10(3)25)18(29-15)22-7-21-13-4-11(19)12(20)5-14(13)22/h4-5,7,15-18H,6H2,1-3H3/t15-,16-,17-,18?/m1/s1/i1D,2D,3D. The van der Waals surface area contributed by atoms with Crippen molar-refractivity contribution < 1.29 is 37.4 Å². The number of nitrogens with zero attached hydrogens (tertiary/aromatic N) is 2. The molecule has 0 aliphatic carbocycles. The fraction of sp³-hybridized carbons (Fsp3) is 0.444. The first kappa shape index (κ1) is 17.5. The van der Waals surface area contributed by atoms with E-state index >= 15 is 0 Å². The largest absolute Gasteiger partial charge is 0.463 e. The average molecular weight is 448 g/mol. The molecule has 3 rings (SSSR count). The molecule has 11 heteroatoms. The molecular weight excluding hydrogens is 427 g/mol. The third-order valence-electron chi connectivity index (χ3n) is 4.12. The maximum atomic E-state index is 11.9. The lowest BCUT2D eigenvalue weighted by molar-refractivity contribution is -0.166. The highest BCUT2D eigenvalue weighted by Crippen LogP contribution is 2.37. The smallest absolute Gasteiger partial charge is 0.303 e. The summed E-state index contributed by atoms with van der Waals surface area (Å²) in [6, 6.07) is 3.05. The molecule has 9 nitrogen and oxygen atoms in total. The van der Waals surface area contributed by atoms with Crippen LogP contribution in [0.4, 0.5) is 0 Å². The lowest BCUT2D eigenvalue weighted by Crippen LogP contribution is -2.40. The summed E-state index contributed by atoms with van der Waals surface area (Å²) in [4.78, 5) is 39.5. The number of ether oxygens (including phenoxy) is 4. The molecule has 0 saturated carbocycles. The maximum absolute atomic E-state index is 11.9. The molecule has 156 valence electrons. The Morgan fingerprint density at radius 3 is 2.45 bits per heavy atom. The van der Waals surface area contributed by atoms with Crippen LogP contribution in [0.5, 0.6) is 0 Å². The van der Waals surface area contributed by atoms with Crippen LogP contribution in [-0.4, -0.2) is 52.4 Å². The highest BCUT2D eigenvalue weighted by atomic mass is 35.5. The van der Waals surface area contributed by atoms with E-state index in [2.05, 4.69) is 4.98 Å². The van der Waals surface area contributed by atoms with Crippen molar-refractivity contribution in [3.8, 4) is 0 Å². The number of aromatic nitrogens is 2. The van der Waals surface area contributed by atoms with Gasteiger partial charge in [0.15, 0.2) is 18.4 Å². The molecule has 1 fully saturated rings. The van der Waals surface area contributed by atoms with Gasteiger partial charge in [-0.15, -0.1) is 0 Å². The average Bonchev–Trinajstić information content (AvgIpc) is 3.32. The number of imidazole rings is 1. The van der Waals surface area contributed by atoms with Crippen molar-refractivity contribution in [2.24, 2.45) is 0 Å². The Balaban J connectivity index is 2.01. The van der Waals surface area contributed by atoms with E-state index < -0.39 is 69.8 Å². The highest BCUT2D eigenvalue weighted by Gasteiger charge is 2.50. The highest BCUT2D eigenvalue weighted by molar-refractivity contribution is 6.42. The van der Waals surface area contributed by atoms with Gasteiger partial charge in [0.2, 0.25) is 0 Å². The van der Waals surface area contributed by atoms with Gasteiger partial charge in [0.1, 0.15) is 12.7 Å². The zero-order valence-corrected chi connectivity index (χ0v) is 16.4. The first-order valence-corrected chi connectivity index (χ1v) is 8.94. The molecule has 2 aromatic rings. The minimum Gasteiger partial charge on any atom is -0.463 e. The molecule has 1 aromatic carbocycles. The van der Waals surface area contributed by atoms with E-state index in [-0.39, 0.29) is 10.0 Å². The van der Waals surface area contributed by atoms with Gasteiger partial charge in [-0.05, 0) is 12.1 Å². The number of carbonyl (C=O) groups is 3. The van der Waals surface area contributed by atoms with Gasteiger partial charge in [0.25, 0.3) is 0 Å². The number of esters is 3. The van der Waals surface area contributed by atoms with Gasteiger partial charge in [-0.1, -0.05) is 23.2 Å². The number of hydrogen-bond donors (Lipinski definition) is 0. The molecule has 1 aromatic heterocycles. The summed E-state index contributed by atoms with van der Waals surface area (Å²) in [5, 5.41) is 0.508. The molecule has 1 saturated heterocycles. The Morgan fingerprint density at radius 1 is 1.10 bits per heavy atom. The second-order valence-electron chi connectivity index (χ2n) is 6.06. The molecule has 1 unspecified atom stereocenters. The number of hydrogen-bond acceptors (Lipinski definition) is 8. The predicted molar refractivity (Wildman–Crippen MR) is 101 cm³/mol. The summed E-state index contributed by atoms with van der Waals surface area (Å²) >= 11 is 12.2. The van der Waals surface area contributed by atoms with Crippen LogP contribution in [0.15, 0.2) is 18.5 Å². The third-order valence-corrected chi connectivity index (χ3v) is 4.84. The Hall–Kier alpha value is -2.36. The van der Waals surface area contributed by atoms with Crippen LogP contribution in [0, 0.1) is 0 Å². The van der Waals surface area contributed by atoms with E-state index in [0.717, 1.165) is 0 Å². The van der Waals surface area contributed by atoms with E-state index in [1.807, 2.05) is 0 Å². The van der Waals surface area contributed by atoms with Crippen molar-refractivity contribution >= 4 is 52.1 Å². The van der Waals surface area contributed by atoms with Crippen LogP contribution in [0.25, 0.3) is 11.0 Å². The van der Waals surface area contributed by atoms with E-state index in [0.29, 0.717) is 11.0 Å². The van der Waals surface area contributed by atoms with Crippen molar-refractivity contribution in [1.29, 1.82) is 0 Å². The van der Waals surface area contributed by atoms with Crippen LogP contribution in [0.2, 0.25) is 10.0 Å². The van der Waals surface area contributed by atoms with Gasteiger partial charge in [0, 0.05) is 24.8 Å². The minimum atomic E-state index is -1.26. The molecular formula is C18H18Cl2N2O7. The number of benzene rings is 1. The first-order valence-electron chi connectivity index (χ1n) is 10.3. The van der Waals surface area contributed by atoms with Crippen LogP contribution in [0.1, 0.15) is 31.0 Å². The molecule has 4 atom stereocenters. The van der Waals surface area contributed by atoms with Crippen LogP contribution in [-0.2, 0) is 33.3 Å². The summed E-state index contributed by atoms with van der Waals surface area (Å²) in [5.74, 6) is -2.67. The molecule has 1 aliphatic heterocycles. The molecule has 0 bridgehead atoms. The Morgan fingerprint density at radius 2 is 1.76 bits per heavy atom. The Kier molecular flexibility index (Phi) is 5.16. The summed E-state index contributed by atoms with van der Waals surface area (Å²) in [6.45, 7) is -2.44. The normalized spacial score (nSPS) is 25.1. The lowest BCUT2D eigenvalue weighted by atomic mass is 10.1. The van der Waals surface area contributed by atoms with Crippen LogP contribution < -0.4 is 0 Å². The summed E-state index contributed by atoms with van der Waals surface area (Å²) in [6.07, 6.45) is -3.32. The number of fused-ring (bicyclic) bond motifs is 1. The number of carbonyl (C=O) groups excluding carboxylic acids is 3. The van der Waals surface area contributed by atoms with Gasteiger partial charge in [-0.25, -0.2) is 4.98 Å². The second kappa shape index (κ2) is 8.56.